The van der Waals surface area contributed by atoms with Gasteiger partial charge in [0.2, 0.25) is 0 Å². The predicted molar refractivity (Wildman–Crippen MR) is 139 cm³/mol. The van der Waals surface area contributed by atoms with Crippen molar-refractivity contribution < 1.29 is 9.18 Å². The normalized spacial score (nSPS) is 11.2. The Kier molecular flexibility index (Phi) is 9.96. The van der Waals surface area contributed by atoms with Crippen LogP contribution in [0.15, 0.2) is 53.7 Å². The number of aliphatic imine (C=N–C) groups is 1. The zero-order valence-electron chi connectivity index (χ0n) is 18.7. The molecule has 0 aliphatic heterocycles. The Morgan fingerprint density at radius 1 is 1.09 bits per heavy atom. The van der Waals surface area contributed by atoms with Crippen LogP contribution in [0.5, 0.6) is 0 Å². The zero-order chi connectivity index (χ0) is 22.2. The molecule has 172 valence electrons. The molecule has 0 fully saturated rings. The summed E-state index contributed by atoms with van der Waals surface area (Å²) in [4.78, 5) is 21.6. The maximum Gasteiger partial charge on any atom is 0.253 e. The number of amides is 1. The summed E-state index contributed by atoms with van der Waals surface area (Å²) in [7, 11) is 1.73. The average molecular weight is 551 g/mol. The van der Waals surface area contributed by atoms with Crippen molar-refractivity contribution >= 4 is 46.7 Å². The fraction of sp³-hybridized carbons (Fsp3) is 0.333. The van der Waals surface area contributed by atoms with Crippen LogP contribution in [-0.4, -0.2) is 48.4 Å². The van der Waals surface area contributed by atoms with E-state index in [0.29, 0.717) is 37.7 Å². The van der Waals surface area contributed by atoms with E-state index < -0.39 is 0 Å². The number of halogens is 2. The number of aromatic amines is 1. The average Bonchev–Trinajstić information content (AvgIpc) is 3.19. The number of rotatable bonds is 8. The molecule has 3 aromatic rings. The number of benzene rings is 2. The topological polar surface area (TPSA) is 72.5 Å². The molecule has 1 amide bonds. The summed E-state index contributed by atoms with van der Waals surface area (Å²) in [6, 6.07) is 12.5. The van der Waals surface area contributed by atoms with Gasteiger partial charge in [-0.05, 0) is 61.7 Å². The number of H-pyrrole nitrogens is 1. The van der Waals surface area contributed by atoms with Crippen LogP contribution in [0.1, 0.15) is 35.3 Å². The molecule has 3 N–H and O–H groups in total. The molecule has 8 heteroatoms. The first-order valence-electron chi connectivity index (χ1n) is 10.6. The van der Waals surface area contributed by atoms with E-state index in [1.165, 1.54) is 12.1 Å². The van der Waals surface area contributed by atoms with E-state index in [-0.39, 0.29) is 35.7 Å². The van der Waals surface area contributed by atoms with Crippen LogP contribution in [0.2, 0.25) is 0 Å². The van der Waals surface area contributed by atoms with Gasteiger partial charge in [0.25, 0.3) is 5.91 Å². The van der Waals surface area contributed by atoms with Gasteiger partial charge in [-0.1, -0.05) is 12.1 Å². The quantitative estimate of drug-likeness (QED) is 0.222. The van der Waals surface area contributed by atoms with Gasteiger partial charge < -0.3 is 20.5 Å². The van der Waals surface area contributed by atoms with Gasteiger partial charge in [-0.2, -0.15) is 0 Å². The number of nitrogens with one attached hydrogen (secondary N) is 3. The Balaban J connectivity index is 0.00000363. The molecule has 6 nitrogen and oxygen atoms in total. The first-order valence-corrected chi connectivity index (χ1v) is 10.6. The van der Waals surface area contributed by atoms with Gasteiger partial charge in [-0.25, -0.2) is 4.39 Å². The minimum atomic E-state index is -0.242. The lowest BCUT2D eigenvalue weighted by molar-refractivity contribution is 0.0773. The van der Waals surface area contributed by atoms with Crippen LogP contribution in [0.4, 0.5) is 4.39 Å². The molecule has 0 aliphatic rings. The Hall–Kier alpha value is -2.62. The molecule has 0 aliphatic carbocycles. The van der Waals surface area contributed by atoms with E-state index in [9.17, 15) is 9.18 Å². The van der Waals surface area contributed by atoms with Crippen molar-refractivity contribution in [3.8, 4) is 0 Å². The minimum Gasteiger partial charge on any atom is -0.361 e. The van der Waals surface area contributed by atoms with E-state index in [1.807, 2.05) is 49.2 Å². The van der Waals surface area contributed by atoms with Crippen molar-refractivity contribution in [3.63, 3.8) is 0 Å². The Labute approximate surface area is 205 Å². The van der Waals surface area contributed by atoms with E-state index in [0.717, 1.165) is 28.5 Å². The lowest BCUT2D eigenvalue weighted by Gasteiger charge is -2.18. The summed E-state index contributed by atoms with van der Waals surface area (Å²) in [5.41, 5.74) is 3.71. The molecule has 0 unspecified atom stereocenters. The molecular formula is C24H31FIN5O. The summed E-state index contributed by atoms with van der Waals surface area (Å²) in [5, 5.41) is 7.63. The summed E-state index contributed by atoms with van der Waals surface area (Å²) in [6.45, 7) is 6.67. The highest BCUT2D eigenvalue weighted by Crippen LogP contribution is 2.19. The summed E-state index contributed by atoms with van der Waals surface area (Å²) < 4.78 is 13.3. The zero-order valence-corrected chi connectivity index (χ0v) is 21.1. The third-order valence-corrected chi connectivity index (χ3v) is 5.35. The van der Waals surface area contributed by atoms with Gasteiger partial charge in [0.1, 0.15) is 5.82 Å². The van der Waals surface area contributed by atoms with Gasteiger partial charge in [-0.3, -0.25) is 9.79 Å². The number of nitrogens with zero attached hydrogens (tertiary/aromatic N) is 2. The predicted octanol–water partition coefficient (Wildman–Crippen LogP) is 4.31. The molecule has 2 aromatic carbocycles. The highest BCUT2D eigenvalue weighted by atomic mass is 127. The number of aromatic nitrogens is 1. The van der Waals surface area contributed by atoms with Crippen molar-refractivity contribution in [3.05, 3.63) is 71.2 Å². The minimum absolute atomic E-state index is 0. The van der Waals surface area contributed by atoms with E-state index in [4.69, 9.17) is 0 Å². The molecule has 0 saturated heterocycles. The SMILES string of the molecule is CCN(CC)C(=O)c1ccc(CNC(=NC)NCCc2c[nH]c3cc(F)ccc23)cc1.I. The van der Waals surface area contributed by atoms with Crippen LogP contribution in [0.25, 0.3) is 10.9 Å². The van der Waals surface area contributed by atoms with E-state index >= 15 is 0 Å². The monoisotopic (exact) mass is 551 g/mol. The first-order chi connectivity index (χ1) is 15.0. The van der Waals surface area contributed by atoms with Crippen LogP contribution >= 0.6 is 24.0 Å². The molecular weight excluding hydrogens is 520 g/mol. The number of fused-ring (bicyclic) bond motifs is 1. The second-order valence-electron chi connectivity index (χ2n) is 7.28. The first kappa shape index (κ1) is 25.6. The van der Waals surface area contributed by atoms with Crippen molar-refractivity contribution in [1.82, 2.24) is 20.5 Å². The van der Waals surface area contributed by atoms with Crippen LogP contribution in [-0.2, 0) is 13.0 Å². The lowest BCUT2D eigenvalue weighted by atomic mass is 10.1. The van der Waals surface area contributed by atoms with Crippen molar-refractivity contribution in [2.24, 2.45) is 4.99 Å². The van der Waals surface area contributed by atoms with Gasteiger partial charge >= 0.3 is 0 Å². The Morgan fingerprint density at radius 3 is 2.47 bits per heavy atom. The second kappa shape index (κ2) is 12.4. The molecule has 0 saturated carbocycles. The number of guanidine groups is 1. The largest absolute Gasteiger partial charge is 0.361 e. The van der Waals surface area contributed by atoms with Gasteiger partial charge in [0.15, 0.2) is 5.96 Å². The van der Waals surface area contributed by atoms with Gasteiger partial charge in [0.05, 0.1) is 0 Å². The molecule has 1 heterocycles. The smallest absolute Gasteiger partial charge is 0.253 e. The maximum atomic E-state index is 13.3. The van der Waals surface area contributed by atoms with Crippen molar-refractivity contribution in [1.29, 1.82) is 0 Å². The van der Waals surface area contributed by atoms with Crippen molar-refractivity contribution in [2.45, 2.75) is 26.8 Å². The molecule has 32 heavy (non-hydrogen) atoms. The van der Waals surface area contributed by atoms with Gasteiger partial charge in [-0.15, -0.1) is 24.0 Å². The van der Waals surface area contributed by atoms with Crippen LogP contribution in [0, 0.1) is 5.82 Å². The standard InChI is InChI=1S/C24H30FN5O.HI/c1-4-30(5-2)23(31)18-8-6-17(7-9-18)15-29-24(26-3)27-13-12-19-16-28-22-14-20(25)10-11-21(19)22;/h6-11,14,16,28H,4-5,12-13,15H2,1-3H3,(H2,26,27,29);1H. The summed E-state index contributed by atoms with van der Waals surface area (Å²) in [5.74, 6) is 0.519. The van der Waals surface area contributed by atoms with E-state index in [2.05, 4.69) is 20.6 Å². The number of carbonyl (C=O) groups is 1. The number of carbonyl (C=O) groups excluding carboxylic acids is 1. The fourth-order valence-electron chi connectivity index (χ4n) is 3.55. The molecule has 0 bridgehead atoms. The maximum absolute atomic E-state index is 13.3. The Bertz CT molecular complexity index is 1040. The van der Waals surface area contributed by atoms with E-state index in [1.54, 1.807) is 13.1 Å². The molecule has 0 radical (unpaired) electrons. The highest BCUT2D eigenvalue weighted by Gasteiger charge is 2.12. The Morgan fingerprint density at radius 2 is 1.81 bits per heavy atom. The fourth-order valence-corrected chi connectivity index (χ4v) is 3.55. The van der Waals surface area contributed by atoms with Crippen molar-refractivity contribution in [2.75, 3.05) is 26.7 Å². The number of hydrogen-bond acceptors (Lipinski definition) is 2. The summed E-state index contributed by atoms with van der Waals surface area (Å²) >= 11 is 0. The lowest BCUT2D eigenvalue weighted by Crippen LogP contribution is -2.37. The van der Waals surface area contributed by atoms with Gasteiger partial charge in [0, 0.05) is 55.9 Å². The third-order valence-electron chi connectivity index (χ3n) is 5.35. The molecule has 0 spiro atoms. The second-order valence-corrected chi connectivity index (χ2v) is 7.28. The molecule has 1 aromatic heterocycles. The number of hydrogen-bond donors (Lipinski definition) is 3. The molecule has 0 atom stereocenters. The van der Waals surface area contributed by atoms with Crippen LogP contribution < -0.4 is 10.6 Å². The third kappa shape index (κ3) is 6.44. The molecule has 3 rings (SSSR count). The summed E-state index contributed by atoms with van der Waals surface area (Å²) in [6.07, 6.45) is 2.71. The highest BCUT2D eigenvalue weighted by molar-refractivity contribution is 14.0. The van der Waals surface area contributed by atoms with Crippen LogP contribution in [0.3, 0.4) is 0 Å².